The van der Waals surface area contributed by atoms with Crippen LogP contribution in [0.1, 0.15) is 10.6 Å². The number of hydrogen-bond acceptors (Lipinski definition) is 5. The highest BCUT2D eigenvalue weighted by atomic mass is 16.6. The molecule has 16 heavy (non-hydrogen) atoms. The minimum absolute atomic E-state index is 0.164. The minimum Gasteiger partial charge on any atom is -0.397 e. The molecule has 8 nitrogen and oxygen atoms in total. The number of ketones is 1. The first-order valence-electron chi connectivity index (χ1n) is 4.27. The van der Waals surface area contributed by atoms with Gasteiger partial charge in [0.15, 0.2) is 5.76 Å². The van der Waals surface area contributed by atoms with Gasteiger partial charge < -0.3 is 15.1 Å². The van der Waals surface area contributed by atoms with Crippen molar-refractivity contribution in [1.82, 2.24) is 10.6 Å². The smallest absolute Gasteiger partial charge is 0.397 e. The molecule has 8 heteroatoms. The van der Waals surface area contributed by atoms with Crippen LogP contribution < -0.4 is 10.6 Å². The molecule has 0 saturated heterocycles. The van der Waals surface area contributed by atoms with Gasteiger partial charge in [-0.3, -0.25) is 14.9 Å². The summed E-state index contributed by atoms with van der Waals surface area (Å²) in [6, 6.07) is 1.74. The van der Waals surface area contributed by atoms with Gasteiger partial charge in [-0.15, -0.1) is 0 Å². The summed E-state index contributed by atoms with van der Waals surface area (Å²) in [4.78, 5) is 31.6. The Labute approximate surface area is 89.8 Å². The van der Waals surface area contributed by atoms with Crippen molar-refractivity contribution in [2.24, 2.45) is 0 Å². The number of hydrogen-bond donors (Lipinski definition) is 2. The topological polar surface area (TPSA) is 114 Å². The molecule has 0 spiro atoms. The summed E-state index contributed by atoms with van der Waals surface area (Å²) in [5.74, 6) is -1.22. The number of rotatable bonds is 4. The number of urea groups is 1. The second-order valence-corrected chi connectivity index (χ2v) is 2.75. The van der Waals surface area contributed by atoms with Crippen molar-refractivity contribution in [2.75, 3.05) is 13.6 Å². The lowest BCUT2D eigenvalue weighted by Crippen LogP contribution is -2.36. The van der Waals surface area contributed by atoms with Crippen molar-refractivity contribution >= 4 is 17.7 Å². The maximum Gasteiger partial charge on any atom is 0.433 e. The van der Waals surface area contributed by atoms with Crippen LogP contribution in [0.4, 0.5) is 10.7 Å². The fraction of sp³-hybridized carbons (Fsp3) is 0.250. The van der Waals surface area contributed by atoms with E-state index in [4.69, 9.17) is 0 Å². The highest BCUT2D eigenvalue weighted by Crippen LogP contribution is 2.15. The van der Waals surface area contributed by atoms with Crippen molar-refractivity contribution in [3.63, 3.8) is 0 Å². The number of nitrogens with zero attached hydrogens (tertiary/aromatic N) is 1. The average molecular weight is 227 g/mol. The fourth-order valence-electron chi connectivity index (χ4n) is 0.912. The van der Waals surface area contributed by atoms with Crippen LogP contribution in [0.15, 0.2) is 16.5 Å². The molecule has 0 unspecified atom stereocenters. The number of Topliss-reactive ketones (excluding diaryl/α,β-unsaturated/α-hetero) is 1. The van der Waals surface area contributed by atoms with Crippen LogP contribution in [0, 0.1) is 10.1 Å². The summed E-state index contributed by atoms with van der Waals surface area (Å²) in [6.07, 6.45) is 0. The molecule has 1 rings (SSSR count). The number of nitro groups is 1. The lowest BCUT2D eigenvalue weighted by atomic mass is 10.3. The number of nitrogens with one attached hydrogen (secondary N) is 2. The number of carbonyl (C=O) groups is 2. The van der Waals surface area contributed by atoms with E-state index in [1.807, 2.05) is 0 Å². The van der Waals surface area contributed by atoms with Crippen LogP contribution in [0.2, 0.25) is 0 Å². The lowest BCUT2D eigenvalue weighted by molar-refractivity contribution is -0.402. The first-order chi connectivity index (χ1) is 7.54. The Kier molecular flexibility index (Phi) is 3.59. The minimum atomic E-state index is -0.747. The molecule has 2 amide bonds. The molecule has 0 aliphatic rings. The molecule has 1 heterocycles. The van der Waals surface area contributed by atoms with Gasteiger partial charge in [-0.05, 0) is 6.07 Å². The quantitative estimate of drug-likeness (QED) is 0.436. The van der Waals surface area contributed by atoms with Gasteiger partial charge in [-0.2, -0.15) is 0 Å². The molecule has 1 aromatic rings. The van der Waals surface area contributed by atoms with Gasteiger partial charge in [0.1, 0.15) is 4.92 Å². The Hall–Kier alpha value is -2.38. The third kappa shape index (κ3) is 2.80. The van der Waals surface area contributed by atoms with Crippen LogP contribution in [-0.2, 0) is 0 Å². The predicted molar refractivity (Wildman–Crippen MR) is 52.2 cm³/mol. The predicted octanol–water partition coefficient (Wildman–Crippen LogP) is 0.300. The molecule has 0 fully saturated rings. The van der Waals surface area contributed by atoms with Gasteiger partial charge in [0.05, 0.1) is 12.6 Å². The molecule has 0 aliphatic heterocycles. The summed E-state index contributed by atoms with van der Waals surface area (Å²) >= 11 is 0. The van der Waals surface area contributed by atoms with E-state index in [0.29, 0.717) is 0 Å². The van der Waals surface area contributed by atoms with E-state index >= 15 is 0 Å². The second-order valence-electron chi connectivity index (χ2n) is 2.75. The Morgan fingerprint density at radius 1 is 1.50 bits per heavy atom. The van der Waals surface area contributed by atoms with Gasteiger partial charge in [0.25, 0.3) is 0 Å². The highest BCUT2D eigenvalue weighted by Gasteiger charge is 2.17. The monoisotopic (exact) mass is 227 g/mol. The molecule has 0 aliphatic carbocycles. The van der Waals surface area contributed by atoms with E-state index < -0.39 is 22.6 Å². The highest BCUT2D eigenvalue weighted by molar-refractivity contribution is 5.97. The Balaban J connectivity index is 2.59. The van der Waals surface area contributed by atoms with Crippen LogP contribution in [0.25, 0.3) is 0 Å². The zero-order valence-electron chi connectivity index (χ0n) is 8.35. The fourth-order valence-corrected chi connectivity index (χ4v) is 0.912. The molecule has 0 radical (unpaired) electrons. The first kappa shape index (κ1) is 11.7. The molecule has 0 bridgehead atoms. The first-order valence-corrected chi connectivity index (χ1v) is 4.27. The second kappa shape index (κ2) is 4.91. The van der Waals surface area contributed by atoms with Gasteiger partial charge in [0, 0.05) is 7.05 Å². The molecule has 1 aromatic heterocycles. The van der Waals surface area contributed by atoms with Gasteiger partial charge in [0.2, 0.25) is 5.78 Å². The van der Waals surface area contributed by atoms with Crippen LogP contribution in [-0.4, -0.2) is 30.3 Å². The Bertz CT molecular complexity index is 425. The van der Waals surface area contributed by atoms with Gasteiger partial charge in [-0.1, -0.05) is 0 Å². The SMILES string of the molecule is CNC(=O)NCC(=O)c1ccc([N+](=O)[O-])o1. The molecule has 0 saturated carbocycles. The largest absolute Gasteiger partial charge is 0.433 e. The van der Waals surface area contributed by atoms with E-state index in [0.717, 1.165) is 6.07 Å². The molecular formula is C8H9N3O5. The Morgan fingerprint density at radius 2 is 2.19 bits per heavy atom. The summed E-state index contributed by atoms with van der Waals surface area (Å²) in [7, 11) is 1.40. The van der Waals surface area contributed by atoms with Crippen molar-refractivity contribution in [2.45, 2.75) is 0 Å². The third-order valence-electron chi connectivity index (χ3n) is 1.68. The summed E-state index contributed by atoms with van der Waals surface area (Å²) in [6.45, 7) is -0.287. The molecule has 86 valence electrons. The van der Waals surface area contributed by atoms with Crippen molar-refractivity contribution in [3.8, 4) is 0 Å². The normalized spacial score (nSPS) is 9.56. The van der Waals surface area contributed by atoms with E-state index in [2.05, 4.69) is 15.1 Å². The number of carbonyl (C=O) groups excluding carboxylic acids is 2. The van der Waals surface area contributed by atoms with Crippen molar-refractivity contribution < 1.29 is 18.9 Å². The van der Waals surface area contributed by atoms with E-state index in [9.17, 15) is 19.7 Å². The summed E-state index contributed by atoms with van der Waals surface area (Å²) in [5, 5.41) is 14.8. The van der Waals surface area contributed by atoms with E-state index in [1.54, 1.807) is 0 Å². The van der Waals surface area contributed by atoms with E-state index in [1.165, 1.54) is 13.1 Å². The summed E-state index contributed by atoms with van der Waals surface area (Å²) in [5.41, 5.74) is 0. The average Bonchev–Trinajstić information content (AvgIpc) is 2.74. The van der Waals surface area contributed by atoms with Crippen LogP contribution in [0.3, 0.4) is 0 Å². The van der Waals surface area contributed by atoms with Gasteiger partial charge in [-0.25, -0.2) is 4.79 Å². The molecule has 0 atom stereocenters. The number of amides is 2. The van der Waals surface area contributed by atoms with Crippen molar-refractivity contribution in [3.05, 3.63) is 28.0 Å². The lowest BCUT2D eigenvalue weighted by Gasteiger charge is -2.00. The Morgan fingerprint density at radius 3 is 2.69 bits per heavy atom. The maximum absolute atomic E-state index is 11.3. The maximum atomic E-state index is 11.3. The number of furan rings is 1. The van der Waals surface area contributed by atoms with Crippen LogP contribution >= 0.6 is 0 Å². The standard InChI is InChI=1S/C8H9N3O5/c1-9-8(13)10-4-5(12)6-2-3-7(16-6)11(14)15/h2-3H,4H2,1H3,(H2,9,10,13). The molecule has 2 N–H and O–H groups in total. The summed E-state index contributed by atoms with van der Waals surface area (Å²) < 4.78 is 4.65. The molecular weight excluding hydrogens is 218 g/mol. The molecule has 0 aromatic carbocycles. The zero-order chi connectivity index (χ0) is 12.1. The third-order valence-corrected chi connectivity index (χ3v) is 1.68. The van der Waals surface area contributed by atoms with E-state index in [-0.39, 0.29) is 12.3 Å². The zero-order valence-corrected chi connectivity index (χ0v) is 8.35. The van der Waals surface area contributed by atoms with Crippen LogP contribution in [0.5, 0.6) is 0 Å². The van der Waals surface area contributed by atoms with Crippen molar-refractivity contribution in [1.29, 1.82) is 0 Å². The van der Waals surface area contributed by atoms with Gasteiger partial charge >= 0.3 is 11.9 Å².